The maximum Gasteiger partial charge on any atom is 0.335 e. The molecule has 0 aliphatic carbocycles. The number of hydrogen-bond donors (Lipinski definition) is 1. The molecular formula is C33H33ClFN3O5. The summed E-state index contributed by atoms with van der Waals surface area (Å²) in [6.07, 6.45) is 3.00. The Hall–Kier alpha value is -3.66. The smallest absolute Gasteiger partial charge is 0.335 e. The molecule has 3 aliphatic heterocycles. The first-order valence-corrected chi connectivity index (χ1v) is 15.1. The van der Waals surface area contributed by atoms with Gasteiger partial charge in [-0.05, 0) is 81.6 Å². The average molecular weight is 606 g/mol. The summed E-state index contributed by atoms with van der Waals surface area (Å²) in [7, 11) is 0. The minimum Gasteiger partial charge on any atom is -0.485 e. The summed E-state index contributed by atoms with van der Waals surface area (Å²) in [5.41, 5.74) is 2.45. The number of halogens is 2. The van der Waals surface area contributed by atoms with Crippen LogP contribution in [-0.4, -0.2) is 57.9 Å². The number of carboxylic acids is 1. The molecule has 2 unspecified atom stereocenters. The van der Waals surface area contributed by atoms with Gasteiger partial charge >= 0.3 is 5.97 Å². The lowest BCUT2D eigenvalue weighted by molar-refractivity contribution is -0.0592. The van der Waals surface area contributed by atoms with Crippen molar-refractivity contribution in [2.24, 2.45) is 0 Å². The highest BCUT2D eigenvalue weighted by atomic mass is 35.5. The lowest BCUT2D eigenvalue weighted by Crippen LogP contribution is -2.40. The molecule has 224 valence electrons. The number of hydrogen-bond acceptors (Lipinski definition) is 6. The molecule has 0 amide bonds. The summed E-state index contributed by atoms with van der Waals surface area (Å²) in [6, 6.07) is 15.7. The first-order valence-electron chi connectivity index (χ1n) is 14.7. The molecule has 2 atom stereocenters. The van der Waals surface area contributed by atoms with E-state index in [2.05, 4.69) is 15.5 Å². The molecule has 3 aliphatic rings. The van der Waals surface area contributed by atoms with Crippen LogP contribution in [0.2, 0.25) is 5.02 Å². The van der Waals surface area contributed by atoms with E-state index in [-0.39, 0.29) is 18.3 Å². The number of imidazole rings is 1. The standard InChI is InChI=1S/C33H33ClFN3O5/c1-33(25-7-6-22(34)16-26(25)35)19-42-31-24(3-2-4-29(31)43-33)20-9-12-37(13-10-20)18-30-36-27-8-5-21(32(39)40)15-28(27)38(30)17-23-11-14-41-23/h2-8,15-16,20,23H,9-14,17-19H2,1H3,(H,39,40). The molecule has 0 bridgehead atoms. The summed E-state index contributed by atoms with van der Waals surface area (Å²) in [4.78, 5) is 18.9. The number of para-hydroxylation sites is 1. The van der Waals surface area contributed by atoms with Crippen molar-refractivity contribution in [3.63, 3.8) is 0 Å². The first-order chi connectivity index (χ1) is 20.8. The van der Waals surface area contributed by atoms with Gasteiger partial charge in [-0.15, -0.1) is 0 Å². The molecule has 4 aromatic rings. The number of benzene rings is 3. The molecule has 43 heavy (non-hydrogen) atoms. The lowest BCUT2D eigenvalue weighted by atomic mass is 9.87. The Morgan fingerprint density at radius 1 is 1.14 bits per heavy atom. The van der Waals surface area contributed by atoms with Crippen LogP contribution in [0.4, 0.5) is 4.39 Å². The number of carbonyl (C=O) groups is 1. The second kappa shape index (κ2) is 11.1. The van der Waals surface area contributed by atoms with Crippen molar-refractivity contribution < 1.29 is 28.5 Å². The third-order valence-corrected chi connectivity index (χ3v) is 9.22. The molecular weight excluding hydrogens is 573 g/mol. The number of piperidine rings is 1. The van der Waals surface area contributed by atoms with Gasteiger partial charge in [-0.3, -0.25) is 4.90 Å². The number of fused-ring (bicyclic) bond motifs is 2. The monoisotopic (exact) mass is 605 g/mol. The summed E-state index contributed by atoms with van der Waals surface area (Å²) in [5, 5.41) is 9.87. The van der Waals surface area contributed by atoms with Crippen molar-refractivity contribution >= 4 is 28.6 Å². The van der Waals surface area contributed by atoms with Gasteiger partial charge in [-0.2, -0.15) is 0 Å². The van der Waals surface area contributed by atoms with Crippen LogP contribution in [0.15, 0.2) is 54.6 Å². The van der Waals surface area contributed by atoms with Crippen LogP contribution in [-0.2, 0) is 23.4 Å². The zero-order valence-electron chi connectivity index (χ0n) is 23.9. The summed E-state index contributed by atoms with van der Waals surface area (Å²) < 4.78 is 35.3. The van der Waals surface area contributed by atoms with E-state index in [1.165, 1.54) is 6.07 Å². The number of likely N-dealkylation sites (tertiary alicyclic amines) is 1. The number of carboxylic acid groups (broad SMARTS) is 1. The Labute approximate surface area is 253 Å². The van der Waals surface area contributed by atoms with Crippen LogP contribution in [0.1, 0.15) is 59.4 Å². The number of ether oxygens (including phenoxy) is 3. The third kappa shape index (κ3) is 5.34. The lowest BCUT2D eigenvalue weighted by Gasteiger charge is -2.38. The molecule has 3 aromatic carbocycles. The van der Waals surface area contributed by atoms with Gasteiger partial charge in [-0.25, -0.2) is 14.2 Å². The number of aromatic carboxylic acids is 1. The highest BCUT2D eigenvalue weighted by Crippen LogP contribution is 2.46. The second-order valence-corrected chi connectivity index (χ2v) is 12.3. The van der Waals surface area contributed by atoms with E-state index in [4.69, 9.17) is 30.8 Å². The molecule has 0 spiro atoms. The van der Waals surface area contributed by atoms with Crippen LogP contribution in [0.5, 0.6) is 11.5 Å². The average Bonchev–Trinajstić information content (AvgIpc) is 3.30. The zero-order chi connectivity index (χ0) is 29.7. The van der Waals surface area contributed by atoms with E-state index in [0.29, 0.717) is 35.3 Å². The molecule has 1 N–H and O–H groups in total. The number of aromatic nitrogens is 2. The van der Waals surface area contributed by atoms with Gasteiger partial charge in [0.2, 0.25) is 0 Å². The van der Waals surface area contributed by atoms with Crippen molar-refractivity contribution in [3.05, 3.63) is 88.0 Å². The van der Waals surface area contributed by atoms with Gasteiger partial charge in [0.1, 0.15) is 18.2 Å². The van der Waals surface area contributed by atoms with Gasteiger partial charge in [-0.1, -0.05) is 29.8 Å². The van der Waals surface area contributed by atoms with Crippen LogP contribution < -0.4 is 9.47 Å². The van der Waals surface area contributed by atoms with Gasteiger partial charge in [0.15, 0.2) is 17.1 Å². The van der Waals surface area contributed by atoms with Crippen LogP contribution in [0.3, 0.4) is 0 Å². The maximum absolute atomic E-state index is 14.8. The summed E-state index contributed by atoms with van der Waals surface area (Å²) in [6.45, 7) is 5.89. The Morgan fingerprint density at radius 3 is 2.67 bits per heavy atom. The maximum atomic E-state index is 14.8. The highest BCUT2D eigenvalue weighted by molar-refractivity contribution is 6.30. The molecule has 2 saturated heterocycles. The van der Waals surface area contributed by atoms with E-state index < -0.39 is 17.4 Å². The highest BCUT2D eigenvalue weighted by Gasteiger charge is 2.39. The molecule has 0 saturated carbocycles. The second-order valence-electron chi connectivity index (χ2n) is 11.9. The van der Waals surface area contributed by atoms with E-state index in [1.807, 2.05) is 19.1 Å². The normalized spacial score (nSPS) is 22.4. The SMILES string of the molecule is CC1(c2ccc(Cl)cc2F)COc2c(cccc2C2CCN(Cc3nc4ccc(C(=O)O)cc4n3CC3CCO3)CC2)O1. The largest absolute Gasteiger partial charge is 0.485 e. The summed E-state index contributed by atoms with van der Waals surface area (Å²) >= 11 is 5.97. The van der Waals surface area contributed by atoms with E-state index in [0.717, 1.165) is 67.1 Å². The van der Waals surface area contributed by atoms with Crippen molar-refractivity contribution in [3.8, 4) is 11.5 Å². The fourth-order valence-electron chi connectivity index (χ4n) is 6.49. The van der Waals surface area contributed by atoms with E-state index in [1.54, 1.807) is 30.3 Å². The van der Waals surface area contributed by atoms with Crippen LogP contribution in [0, 0.1) is 5.82 Å². The minimum absolute atomic E-state index is 0.125. The van der Waals surface area contributed by atoms with Crippen molar-refractivity contribution in [2.45, 2.75) is 56.9 Å². The Morgan fingerprint density at radius 2 is 1.95 bits per heavy atom. The van der Waals surface area contributed by atoms with E-state index in [9.17, 15) is 14.3 Å². The zero-order valence-corrected chi connectivity index (χ0v) is 24.6. The van der Waals surface area contributed by atoms with Gasteiger partial charge in [0, 0.05) is 22.8 Å². The van der Waals surface area contributed by atoms with Gasteiger partial charge < -0.3 is 23.9 Å². The predicted octanol–water partition coefficient (Wildman–Crippen LogP) is 6.38. The molecule has 2 fully saturated rings. The first kappa shape index (κ1) is 28.1. The molecule has 8 nitrogen and oxygen atoms in total. The fraction of sp³-hybridized carbons (Fsp3) is 0.394. The minimum atomic E-state index is -0.967. The predicted molar refractivity (Wildman–Crippen MR) is 160 cm³/mol. The molecule has 7 rings (SSSR count). The molecule has 4 heterocycles. The van der Waals surface area contributed by atoms with Crippen molar-refractivity contribution in [1.82, 2.24) is 14.5 Å². The van der Waals surface area contributed by atoms with Crippen LogP contribution in [0.25, 0.3) is 11.0 Å². The molecule has 0 radical (unpaired) electrons. The number of nitrogens with zero attached hydrogens (tertiary/aromatic N) is 3. The topological polar surface area (TPSA) is 86.1 Å². The molecule has 1 aromatic heterocycles. The fourth-order valence-corrected chi connectivity index (χ4v) is 6.65. The number of rotatable bonds is 7. The Bertz CT molecular complexity index is 1700. The molecule has 10 heteroatoms. The van der Waals surface area contributed by atoms with Gasteiger partial charge in [0.05, 0.1) is 35.8 Å². The van der Waals surface area contributed by atoms with Crippen LogP contribution >= 0.6 is 11.6 Å². The van der Waals surface area contributed by atoms with Gasteiger partial charge in [0.25, 0.3) is 0 Å². The van der Waals surface area contributed by atoms with E-state index >= 15 is 0 Å². The van der Waals surface area contributed by atoms with Crippen molar-refractivity contribution in [2.75, 3.05) is 26.3 Å². The third-order valence-electron chi connectivity index (χ3n) is 8.98. The van der Waals surface area contributed by atoms with Crippen molar-refractivity contribution in [1.29, 1.82) is 0 Å². The quantitative estimate of drug-likeness (QED) is 0.261. The Balaban J connectivity index is 1.07. The Kier molecular flexibility index (Phi) is 7.27. The summed E-state index contributed by atoms with van der Waals surface area (Å²) in [5.74, 6) is 1.22.